The second-order valence-corrected chi connectivity index (χ2v) is 8.90. The van der Waals surface area contributed by atoms with E-state index in [4.69, 9.17) is 0 Å². The zero-order chi connectivity index (χ0) is 16.3. The predicted molar refractivity (Wildman–Crippen MR) is 90.6 cm³/mol. The molecule has 1 fully saturated rings. The van der Waals surface area contributed by atoms with Crippen molar-refractivity contribution in [2.45, 2.75) is 34.8 Å². The summed E-state index contributed by atoms with van der Waals surface area (Å²) in [4.78, 5) is 15.2. The van der Waals surface area contributed by atoms with Gasteiger partial charge in [0.05, 0.1) is 9.77 Å². The van der Waals surface area contributed by atoms with Crippen LogP contribution in [0.1, 0.15) is 35.4 Å². The molecule has 1 saturated heterocycles. The molecule has 122 valence electrons. The van der Waals surface area contributed by atoms with Crippen LogP contribution < -0.4 is 0 Å². The third-order valence-corrected chi connectivity index (χ3v) is 7.34. The quantitative estimate of drug-likeness (QED) is 0.851. The van der Waals surface area contributed by atoms with Crippen LogP contribution in [-0.2, 0) is 9.84 Å². The summed E-state index contributed by atoms with van der Waals surface area (Å²) < 4.78 is 25.4. The standard InChI is InChI=1S/C17H19NO3S2/c19-17(18-12-6-1-2-7-13-18)15-10-11-16(22-15)23(20,21)14-8-4-3-5-9-14/h3-5,8-11H,1-2,6-7,12-13H2. The average Bonchev–Trinajstić information content (AvgIpc) is 2.92. The molecule has 0 radical (unpaired) electrons. The maximum Gasteiger partial charge on any atom is 0.263 e. The number of carbonyl (C=O) groups excluding carboxylic acids is 1. The lowest BCUT2D eigenvalue weighted by Gasteiger charge is -2.19. The van der Waals surface area contributed by atoms with Crippen LogP contribution in [0, 0.1) is 0 Å². The number of carbonyl (C=O) groups is 1. The minimum Gasteiger partial charge on any atom is -0.338 e. The van der Waals surface area contributed by atoms with Gasteiger partial charge in [-0.2, -0.15) is 0 Å². The first-order valence-electron chi connectivity index (χ1n) is 7.78. The summed E-state index contributed by atoms with van der Waals surface area (Å²) >= 11 is 1.06. The van der Waals surface area contributed by atoms with E-state index in [1.807, 2.05) is 4.90 Å². The minimum atomic E-state index is -3.54. The Labute approximate surface area is 140 Å². The highest BCUT2D eigenvalue weighted by Gasteiger charge is 2.24. The van der Waals surface area contributed by atoms with E-state index in [0.717, 1.165) is 50.1 Å². The molecule has 0 bridgehead atoms. The lowest BCUT2D eigenvalue weighted by atomic mass is 10.2. The van der Waals surface area contributed by atoms with Crippen molar-refractivity contribution in [1.29, 1.82) is 0 Å². The van der Waals surface area contributed by atoms with Gasteiger partial charge in [-0.25, -0.2) is 8.42 Å². The van der Waals surface area contributed by atoms with Crippen LogP contribution >= 0.6 is 11.3 Å². The van der Waals surface area contributed by atoms with E-state index in [1.54, 1.807) is 36.4 Å². The Morgan fingerprint density at radius 3 is 2.22 bits per heavy atom. The number of nitrogens with zero attached hydrogens (tertiary/aromatic N) is 1. The van der Waals surface area contributed by atoms with Gasteiger partial charge >= 0.3 is 0 Å². The highest BCUT2D eigenvalue weighted by molar-refractivity contribution is 7.93. The summed E-state index contributed by atoms with van der Waals surface area (Å²) in [6.07, 6.45) is 4.35. The van der Waals surface area contributed by atoms with Crippen LogP contribution in [0.2, 0.25) is 0 Å². The molecule has 2 aromatic rings. The van der Waals surface area contributed by atoms with Crippen molar-refractivity contribution in [2.75, 3.05) is 13.1 Å². The molecule has 0 spiro atoms. The molecular weight excluding hydrogens is 330 g/mol. The summed E-state index contributed by atoms with van der Waals surface area (Å²) in [6, 6.07) is 11.5. The average molecular weight is 349 g/mol. The van der Waals surface area contributed by atoms with Crippen LogP contribution in [0.4, 0.5) is 0 Å². The van der Waals surface area contributed by atoms with Crippen molar-refractivity contribution in [3.63, 3.8) is 0 Å². The molecular formula is C17H19NO3S2. The molecule has 1 aliphatic heterocycles. The highest BCUT2D eigenvalue weighted by Crippen LogP contribution is 2.28. The predicted octanol–water partition coefficient (Wildman–Crippen LogP) is 3.60. The molecule has 6 heteroatoms. The Bertz CT molecular complexity index is 773. The first-order chi connectivity index (χ1) is 11.1. The summed E-state index contributed by atoms with van der Waals surface area (Å²) in [5.41, 5.74) is 0. The minimum absolute atomic E-state index is 0.0496. The lowest BCUT2D eigenvalue weighted by molar-refractivity contribution is 0.0766. The largest absolute Gasteiger partial charge is 0.338 e. The first-order valence-corrected chi connectivity index (χ1v) is 10.1. The molecule has 0 unspecified atom stereocenters. The van der Waals surface area contributed by atoms with Gasteiger partial charge in [0, 0.05) is 13.1 Å². The van der Waals surface area contributed by atoms with Gasteiger partial charge < -0.3 is 4.90 Å². The molecule has 4 nitrogen and oxygen atoms in total. The number of sulfone groups is 1. The number of likely N-dealkylation sites (tertiary alicyclic amines) is 1. The fraction of sp³-hybridized carbons (Fsp3) is 0.353. The van der Waals surface area contributed by atoms with Crippen LogP contribution in [0.3, 0.4) is 0 Å². The van der Waals surface area contributed by atoms with Crippen molar-refractivity contribution in [1.82, 2.24) is 4.90 Å². The fourth-order valence-electron chi connectivity index (χ4n) is 2.72. The van der Waals surface area contributed by atoms with Crippen molar-refractivity contribution in [2.24, 2.45) is 0 Å². The lowest BCUT2D eigenvalue weighted by Crippen LogP contribution is -2.31. The highest BCUT2D eigenvalue weighted by atomic mass is 32.2. The smallest absolute Gasteiger partial charge is 0.263 e. The molecule has 1 aliphatic rings. The molecule has 1 aromatic carbocycles. The molecule has 0 saturated carbocycles. The van der Waals surface area contributed by atoms with Gasteiger partial charge in [-0.05, 0) is 37.1 Å². The third-order valence-electron chi connectivity index (χ3n) is 4.00. The van der Waals surface area contributed by atoms with E-state index in [2.05, 4.69) is 0 Å². The summed E-state index contributed by atoms with van der Waals surface area (Å²) in [7, 11) is -3.54. The molecule has 1 aromatic heterocycles. The van der Waals surface area contributed by atoms with E-state index < -0.39 is 9.84 Å². The van der Waals surface area contributed by atoms with E-state index >= 15 is 0 Å². The van der Waals surface area contributed by atoms with Gasteiger partial charge in [-0.3, -0.25) is 4.79 Å². The Kier molecular flexibility index (Phi) is 4.82. The second-order valence-electron chi connectivity index (χ2n) is 5.64. The number of amides is 1. The van der Waals surface area contributed by atoms with Crippen LogP contribution in [0.25, 0.3) is 0 Å². The van der Waals surface area contributed by atoms with Gasteiger partial charge in [0.25, 0.3) is 5.91 Å². The Hall–Kier alpha value is -1.66. The van der Waals surface area contributed by atoms with E-state index in [-0.39, 0.29) is 15.0 Å². The number of hydrogen-bond donors (Lipinski definition) is 0. The molecule has 3 rings (SSSR count). The van der Waals surface area contributed by atoms with Crippen molar-refractivity contribution < 1.29 is 13.2 Å². The van der Waals surface area contributed by atoms with Gasteiger partial charge in [0.1, 0.15) is 4.21 Å². The third kappa shape index (κ3) is 3.48. The Balaban J connectivity index is 1.84. The Morgan fingerprint density at radius 1 is 0.913 bits per heavy atom. The maximum absolute atomic E-state index is 12.6. The summed E-state index contributed by atoms with van der Waals surface area (Å²) in [5.74, 6) is -0.0496. The van der Waals surface area contributed by atoms with Crippen LogP contribution in [0.15, 0.2) is 51.6 Å². The molecule has 2 heterocycles. The molecule has 0 aliphatic carbocycles. The maximum atomic E-state index is 12.6. The van der Waals surface area contributed by atoms with Gasteiger partial charge in [-0.15, -0.1) is 11.3 Å². The van der Waals surface area contributed by atoms with E-state index in [0.29, 0.717) is 4.88 Å². The molecule has 1 amide bonds. The van der Waals surface area contributed by atoms with Crippen LogP contribution in [0.5, 0.6) is 0 Å². The number of hydrogen-bond acceptors (Lipinski definition) is 4. The van der Waals surface area contributed by atoms with Gasteiger partial charge in [0.15, 0.2) is 0 Å². The second kappa shape index (κ2) is 6.84. The number of thiophene rings is 1. The first kappa shape index (κ1) is 16.2. The van der Waals surface area contributed by atoms with Crippen molar-refractivity contribution in [3.8, 4) is 0 Å². The molecule has 0 N–H and O–H groups in total. The van der Waals surface area contributed by atoms with Gasteiger partial charge in [0.2, 0.25) is 9.84 Å². The normalized spacial score (nSPS) is 16.1. The molecule has 23 heavy (non-hydrogen) atoms. The number of rotatable bonds is 3. The SMILES string of the molecule is O=C(c1ccc(S(=O)(=O)c2ccccc2)s1)N1CCCCCC1. The van der Waals surface area contributed by atoms with Crippen molar-refractivity contribution >= 4 is 27.1 Å². The topological polar surface area (TPSA) is 54.5 Å². The number of benzene rings is 1. The Morgan fingerprint density at radius 2 is 1.57 bits per heavy atom. The zero-order valence-corrected chi connectivity index (χ0v) is 14.4. The van der Waals surface area contributed by atoms with E-state index in [9.17, 15) is 13.2 Å². The van der Waals surface area contributed by atoms with Crippen molar-refractivity contribution in [3.05, 3.63) is 47.3 Å². The summed E-state index contributed by atoms with van der Waals surface area (Å²) in [6.45, 7) is 1.52. The summed E-state index contributed by atoms with van der Waals surface area (Å²) in [5, 5.41) is 0. The zero-order valence-electron chi connectivity index (χ0n) is 12.8. The molecule has 0 atom stereocenters. The van der Waals surface area contributed by atoms with Crippen LogP contribution in [-0.4, -0.2) is 32.3 Å². The van der Waals surface area contributed by atoms with E-state index in [1.165, 1.54) is 6.07 Å². The van der Waals surface area contributed by atoms with Gasteiger partial charge in [-0.1, -0.05) is 31.0 Å². The fourth-order valence-corrected chi connectivity index (χ4v) is 5.42. The monoisotopic (exact) mass is 349 g/mol.